The van der Waals surface area contributed by atoms with Crippen LogP contribution in [0.2, 0.25) is 0 Å². The summed E-state index contributed by atoms with van der Waals surface area (Å²) in [6.07, 6.45) is 6.39. The quantitative estimate of drug-likeness (QED) is 0.665. The molecule has 0 unspecified atom stereocenters. The standard InChI is InChI=1S/C13H23N3O/c1-14-9-11-16(12-10-14)13(17)5-4-8-15-6-2-3-7-15/h4-5H,2-3,6-12H2,1H3/b5-4+. The van der Waals surface area contributed by atoms with Crippen molar-refractivity contribution < 1.29 is 4.79 Å². The molecule has 17 heavy (non-hydrogen) atoms. The number of likely N-dealkylation sites (tertiary alicyclic amines) is 1. The first-order valence-electron chi connectivity index (χ1n) is 6.62. The zero-order valence-electron chi connectivity index (χ0n) is 10.8. The number of rotatable bonds is 3. The largest absolute Gasteiger partial charge is 0.337 e. The van der Waals surface area contributed by atoms with Crippen molar-refractivity contribution in [3.8, 4) is 0 Å². The van der Waals surface area contributed by atoms with Crippen molar-refractivity contribution in [1.82, 2.24) is 14.7 Å². The Balaban J connectivity index is 1.70. The first kappa shape index (κ1) is 12.6. The Morgan fingerprint density at radius 3 is 2.35 bits per heavy atom. The van der Waals surface area contributed by atoms with Gasteiger partial charge in [0, 0.05) is 38.8 Å². The molecule has 0 spiro atoms. The van der Waals surface area contributed by atoms with Gasteiger partial charge in [-0.2, -0.15) is 0 Å². The number of hydrogen-bond acceptors (Lipinski definition) is 3. The van der Waals surface area contributed by atoms with Crippen LogP contribution in [-0.2, 0) is 4.79 Å². The van der Waals surface area contributed by atoms with Gasteiger partial charge in [-0.25, -0.2) is 0 Å². The molecular weight excluding hydrogens is 214 g/mol. The predicted molar refractivity (Wildman–Crippen MR) is 68.9 cm³/mol. The summed E-state index contributed by atoms with van der Waals surface area (Å²) in [6.45, 7) is 7.02. The van der Waals surface area contributed by atoms with Crippen LogP contribution in [0.1, 0.15) is 12.8 Å². The number of likely N-dealkylation sites (N-methyl/N-ethyl adjacent to an activating group) is 1. The summed E-state index contributed by atoms with van der Waals surface area (Å²) in [5.41, 5.74) is 0. The minimum Gasteiger partial charge on any atom is -0.337 e. The van der Waals surface area contributed by atoms with Crippen LogP contribution in [-0.4, -0.2) is 73.5 Å². The molecule has 2 aliphatic heterocycles. The lowest BCUT2D eigenvalue weighted by Gasteiger charge is -2.31. The third-order valence-electron chi connectivity index (χ3n) is 3.64. The normalized spacial score (nSPS) is 23.7. The third-order valence-corrected chi connectivity index (χ3v) is 3.64. The molecule has 4 heteroatoms. The maximum Gasteiger partial charge on any atom is 0.246 e. The molecule has 0 bridgehead atoms. The summed E-state index contributed by atoms with van der Waals surface area (Å²) in [4.78, 5) is 18.5. The molecule has 0 aromatic heterocycles. The lowest BCUT2D eigenvalue weighted by atomic mass is 10.3. The van der Waals surface area contributed by atoms with E-state index in [9.17, 15) is 4.79 Å². The van der Waals surface area contributed by atoms with E-state index in [1.807, 2.05) is 11.0 Å². The average molecular weight is 237 g/mol. The van der Waals surface area contributed by atoms with E-state index in [4.69, 9.17) is 0 Å². The fourth-order valence-corrected chi connectivity index (χ4v) is 2.40. The van der Waals surface area contributed by atoms with Crippen LogP contribution in [0.25, 0.3) is 0 Å². The average Bonchev–Trinajstić information content (AvgIpc) is 2.83. The Hall–Kier alpha value is -0.870. The fraction of sp³-hybridized carbons (Fsp3) is 0.769. The maximum atomic E-state index is 11.9. The second kappa shape index (κ2) is 6.17. The number of amides is 1. The Labute approximate surface area is 104 Å². The second-order valence-electron chi connectivity index (χ2n) is 5.04. The molecular formula is C13H23N3O. The maximum absolute atomic E-state index is 11.9. The predicted octanol–water partition coefficient (Wildman–Crippen LogP) is 0.412. The Morgan fingerprint density at radius 1 is 1.06 bits per heavy atom. The van der Waals surface area contributed by atoms with Crippen LogP contribution in [0.3, 0.4) is 0 Å². The molecule has 0 aliphatic carbocycles. The monoisotopic (exact) mass is 237 g/mol. The summed E-state index contributed by atoms with van der Waals surface area (Å²) >= 11 is 0. The van der Waals surface area contributed by atoms with E-state index in [0.717, 1.165) is 32.7 Å². The Kier molecular flexibility index (Phi) is 4.57. The molecule has 96 valence electrons. The summed E-state index contributed by atoms with van der Waals surface area (Å²) in [6, 6.07) is 0. The van der Waals surface area contributed by atoms with Gasteiger partial charge in [0.1, 0.15) is 0 Å². The van der Waals surface area contributed by atoms with Gasteiger partial charge in [0.05, 0.1) is 0 Å². The van der Waals surface area contributed by atoms with Crippen molar-refractivity contribution in [2.24, 2.45) is 0 Å². The van der Waals surface area contributed by atoms with E-state index in [2.05, 4.69) is 16.8 Å². The van der Waals surface area contributed by atoms with Crippen LogP contribution in [0.4, 0.5) is 0 Å². The minimum atomic E-state index is 0.178. The number of carbonyl (C=O) groups is 1. The van der Waals surface area contributed by atoms with Crippen LogP contribution >= 0.6 is 0 Å². The molecule has 0 N–H and O–H groups in total. The van der Waals surface area contributed by atoms with Crippen molar-refractivity contribution >= 4 is 5.91 Å². The number of nitrogens with zero attached hydrogens (tertiary/aromatic N) is 3. The van der Waals surface area contributed by atoms with Crippen molar-refractivity contribution in [3.05, 3.63) is 12.2 Å². The number of piperazine rings is 1. The number of carbonyl (C=O) groups excluding carboxylic acids is 1. The first-order valence-corrected chi connectivity index (χ1v) is 6.62. The summed E-state index contributed by atoms with van der Waals surface area (Å²) in [5, 5.41) is 0. The van der Waals surface area contributed by atoms with Crippen molar-refractivity contribution in [2.45, 2.75) is 12.8 Å². The SMILES string of the molecule is CN1CCN(C(=O)/C=C/CN2CCCC2)CC1. The second-order valence-corrected chi connectivity index (χ2v) is 5.04. The molecule has 4 nitrogen and oxygen atoms in total. The lowest BCUT2D eigenvalue weighted by Crippen LogP contribution is -2.46. The van der Waals surface area contributed by atoms with Crippen molar-refractivity contribution in [3.63, 3.8) is 0 Å². The third kappa shape index (κ3) is 3.82. The van der Waals surface area contributed by atoms with Gasteiger partial charge in [-0.05, 0) is 33.0 Å². The molecule has 0 aromatic carbocycles. The van der Waals surface area contributed by atoms with Gasteiger partial charge in [0.2, 0.25) is 5.91 Å². The van der Waals surface area contributed by atoms with Crippen molar-refractivity contribution in [1.29, 1.82) is 0 Å². The van der Waals surface area contributed by atoms with E-state index >= 15 is 0 Å². The smallest absolute Gasteiger partial charge is 0.246 e. The molecule has 0 radical (unpaired) electrons. The molecule has 0 aromatic rings. The van der Waals surface area contributed by atoms with Gasteiger partial charge in [0.25, 0.3) is 0 Å². The van der Waals surface area contributed by atoms with Crippen LogP contribution in [0.5, 0.6) is 0 Å². The van der Waals surface area contributed by atoms with Crippen LogP contribution in [0, 0.1) is 0 Å². The molecule has 0 atom stereocenters. The Morgan fingerprint density at radius 2 is 1.71 bits per heavy atom. The zero-order valence-corrected chi connectivity index (χ0v) is 10.8. The molecule has 2 aliphatic rings. The minimum absolute atomic E-state index is 0.178. The number of hydrogen-bond donors (Lipinski definition) is 0. The highest BCUT2D eigenvalue weighted by atomic mass is 16.2. The van der Waals surface area contributed by atoms with Gasteiger partial charge >= 0.3 is 0 Å². The van der Waals surface area contributed by atoms with E-state index < -0.39 is 0 Å². The van der Waals surface area contributed by atoms with Crippen LogP contribution in [0.15, 0.2) is 12.2 Å². The zero-order chi connectivity index (χ0) is 12.1. The highest BCUT2D eigenvalue weighted by molar-refractivity contribution is 5.87. The van der Waals surface area contributed by atoms with Crippen LogP contribution < -0.4 is 0 Å². The topological polar surface area (TPSA) is 26.8 Å². The highest BCUT2D eigenvalue weighted by Crippen LogP contribution is 2.06. The molecule has 0 saturated carbocycles. The van der Waals surface area contributed by atoms with E-state index in [1.54, 1.807) is 6.08 Å². The van der Waals surface area contributed by atoms with Gasteiger partial charge in [-0.15, -0.1) is 0 Å². The van der Waals surface area contributed by atoms with Gasteiger partial charge in [-0.1, -0.05) is 6.08 Å². The van der Waals surface area contributed by atoms with E-state index in [1.165, 1.54) is 25.9 Å². The summed E-state index contributed by atoms with van der Waals surface area (Å²) in [7, 11) is 2.10. The summed E-state index contributed by atoms with van der Waals surface area (Å²) in [5.74, 6) is 0.178. The first-order chi connectivity index (χ1) is 8.25. The molecule has 2 fully saturated rings. The Bertz CT molecular complexity index is 276. The highest BCUT2D eigenvalue weighted by Gasteiger charge is 2.16. The van der Waals surface area contributed by atoms with Gasteiger partial charge in [0.15, 0.2) is 0 Å². The van der Waals surface area contributed by atoms with Gasteiger partial charge in [-0.3, -0.25) is 9.69 Å². The molecule has 1 amide bonds. The van der Waals surface area contributed by atoms with Crippen molar-refractivity contribution in [2.75, 3.05) is 52.9 Å². The summed E-state index contributed by atoms with van der Waals surface area (Å²) < 4.78 is 0. The molecule has 2 rings (SSSR count). The van der Waals surface area contributed by atoms with E-state index in [0.29, 0.717) is 0 Å². The fourth-order valence-electron chi connectivity index (χ4n) is 2.40. The molecule has 2 heterocycles. The van der Waals surface area contributed by atoms with E-state index in [-0.39, 0.29) is 5.91 Å². The lowest BCUT2D eigenvalue weighted by molar-refractivity contribution is -0.127. The van der Waals surface area contributed by atoms with Gasteiger partial charge < -0.3 is 9.80 Å². The molecule has 2 saturated heterocycles.